The second-order valence-electron chi connectivity index (χ2n) is 17.2. The summed E-state index contributed by atoms with van der Waals surface area (Å²) in [7, 11) is 0. The molecule has 0 unspecified atom stereocenters. The SMILES string of the molecule is c1ccc2c(c1)ccc1c2c2ccc3ccccc3c2n1-c1cc(-c2nc(-c3ccc4c(c3)oc3ccccc34)cc(-c3cccc4c3oc3ccccc34)n2)c2sc3ccccc3c2c1. The molecule has 0 atom stereocenters. The molecular weight excluding hydrogens is 827 g/mol. The Kier molecular flexibility index (Phi) is 7.31. The second kappa shape index (κ2) is 13.5. The van der Waals surface area contributed by atoms with Crippen LogP contribution in [-0.2, 0) is 0 Å². The van der Waals surface area contributed by atoms with Gasteiger partial charge in [0.25, 0.3) is 0 Å². The number of furan rings is 2. The Balaban J connectivity index is 1.06. The van der Waals surface area contributed by atoms with Crippen LogP contribution >= 0.6 is 11.3 Å². The highest BCUT2D eigenvalue weighted by Crippen LogP contribution is 2.46. The normalized spacial score (nSPS) is 12.2. The summed E-state index contributed by atoms with van der Waals surface area (Å²) in [5.74, 6) is 0.634. The third-order valence-corrected chi connectivity index (χ3v) is 14.8. The fourth-order valence-electron chi connectivity index (χ4n) is 10.6. The maximum atomic E-state index is 6.67. The highest BCUT2D eigenvalue weighted by Gasteiger charge is 2.23. The van der Waals surface area contributed by atoms with Crippen molar-refractivity contribution in [3.8, 4) is 39.6 Å². The van der Waals surface area contributed by atoms with Crippen molar-refractivity contribution in [3.63, 3.8) is 0 Å². The molecule has 306 valence electrons. The third-order valence-electron chi connectivity index (χ3n) is 13.6. The minimum Gasteiger partial charge on any atom is -0.456 e. The lowest BCUT2D eigenvalue weighted by atomic mass is 10.0. The summed E-state index contributed by atoms with van der Waals surface area (Å²) >= 11 is 1.79. The van der Waals surface area contributed by atoms with Crippen LogP contribution in [0.1, 0.15) is 0 Å². The number of nitrogens with zero attached hydrogens (tertiary/aromatic N) is 3. The molecule has 5 nitrogen and oxygen atoms in total. The summed E-state index contributed by atoms with van der Waals surface area (Å²) in [6, 6.07) is 71.3. The lowest BCUT2D eigenvalue weighted by molar-refractivity contribution is 0.669. The number of hydrogen-bond acceptors (Lipinski definition) is 5. The Morgan fingerprint density at radius 3 is 1.92 bits per heavy atom. The van der Waals surface area contributed by atoms with Gasteiger partial charge in [-0.15, -0.1) is 11.3 Å². The van der Waals surface area contributed by atoms with Crippen molar-refractivity contribution in [2.45, 2.75) is 0 Å². The molecule has 0 bridgehead atoms. The lowest BCUT2D eigenvalue weighted by Crippen LogP contribution is -1.99. The van der Waals surface area contributed by atoms with E-state index in [0.717, 1.165) is 93.2 Å². The molecule has 0 spiro atoms. The van der Waals surface area contributed by atoms with E-state index in [1.807, 2.05) is 24.3 Å². The average Bonchev–Trinajstić information content (AvgIpc) is 4.15. The molecule has 5 aromatic heterocycles. The first-order chi connectivity index (χ1) is 32.7. The molecule has 10 aromatic carbocycles. The Bertz CT molecular complexity index is 4550. The molecule has 0 amide bonds. The van der Waals surface area contributed by atoms with Crippen LogP contribution < -0.4 is 0 Å². The summed E-state index contributed by atoms with van der Waals surface area (Å²) in [5.41, 5.74) is 11.1. The van der Waals surface area contributed by atoms with Gasteiger partial charge in [-0.2, -0.15) is 0 Å². The van der Waals surface area contributed by atoms with E-state index in [4.69, 9.17) is 18.8 Å². The predicted molar refractivity (Wildman–Crippen MR) is 275 cm³/mol. The van der Waals surface area contributed by atoms with Crippen molar-refractivity contribution < 1.29 is 8.83 Å². The summed E-state index contributed by atoms with van der Waals surface area (Å²) in [6.07, 6.45) is 0. The smallest absolute Gasteiger partial charge is 0.161 e. The van der Waals surface area contributed by atoms with Crippen LogP contribution in [0.4, 0.5) is 0 Å². The number of fused-ring (bicyclic) bond motifs is 16. The molecule has 0 radical (unpaired) electrons. The lowest BCUT2D eigenvalue weighted by Gasteiger charge is -2.14. The summed E-state index contributed by atoms with van der Waals surface area (Å²) in [5, 5.41) is 14.0. The largest absolute Gasteiger partial charge is 0.456 e. The Morgan fingerprint density at radius 1 is 0.409 bits per heavy atom. The zero-order valence-corrected chi connectivity index (χ0v) is 35.9. The Hall–Kier alpha value is -8.58. The maximum absolute atomic E-state index is 6.67. The van der Waals surface area contributed by atoms with Gasteiger partial charge in [0, 0.05) is 80.3 Å². The number of benzene rings is 10. The molecule has 0 N–H and O–H groups in total. The van der Waals surface area contributed by atoms with Crippen LogP contribution in [0.2, 0.25) is 0 Å². The molecule has 5 heterocycles. The van der Waals surface area contributed by atoms with Crippen molar-refractivity contribution in [3.05, 3.63) is 200 Å². The van der Waals surface area contributed by atoms with Crippen molar-refractivity contribution in [1.29, 1.82) is 0 Å². The number of aromatic nitrogens is 3. The van der Waals surface area contributed by atoms with Crippen LogP contribution in [0.5, 0.6) is 0 Å². The number of para-hydroxylation sites is 3. The van der Waals surface area contributed by atoms with E-state index in [2.05, 4.69) is 180 Å². The summed E-state index contributed by atoms with van der Waals surface area (Å²) < 4.78 is 17.9. The maximum Gasteiger partial charge on any atom is 0.161 e. The molecule has 0 aliphatic carbocycles. The van der Waals surface area contributed by atoms with Crippen LogP contribution in [0.3, 0.4) is 0 Å². The fourth-order valence-corrected chi connectivity index (χ4v) is 11.8. The van der Waals surface area contributed by atoms with E-state index in [9.17, 15) is 0 Å². The van der Waals surface area contributed by atoms with E-state index in [0.29, 0.717) is 5.82 Å². The van der Waals surface area contributed by atoms with Crippen molar-refractivity contribution in [2.24, 2.45) is 0 Å². The molecule has 0 saturated heterocycles. The molecule has 15 rings (SSSR count). The third kappa shape index (κ3) is 5.10. The van der Waals surface area contributed by atoms with Crippen LogP contribution in [0.25, 0.3) is 147 Å². The van der Waals surface area contributed by atoms with Gasteiger partial charge in [0.1, 0.15) is 22.3 Å². The van der Waals surface area contributed by atoms with Crippen molar-refractivity contribution >= 4 is 119 Å². The fraction of sp³-hybridized carbons (Fsp3) is 0. The van der Waals surface area contributed by atoms with E-state index in [1.54, 1.807) is 11.3 Å². The molecule has 6 heteroatoms. The van der Waals surface area contributed by atoms with Gasteiger partial charge in [0.2, 0.25) is 0 Å². The molecule has 0 saturated carbocycles. The molecule has 0 fully saturated rings. The van der Waals surface area contributed by atoms with Gasteiger partial charge in [0.15, 0.2) is 5.82 Å². The Labute approximate surface area is 380 Å². The predicted octanol–water partition coefficient (Wildman–Crippen LogP) is 17.0. The van der Waals surface area contributed by atoms with E-state index >= 15 is 0 Å². The molecule has 0 aliphatic heterocycles. The van der Waals surface area contributed by atoms with Gasteiger partial charge in [-0.3, -0.25) is 0 Å². The summed E-state index contributed by atoms with van der Waals surface area (Å²) in [6.45, 7) is 0. The van der Waals surface area contributed by atoms with Gasteiger partial charge in [0.05, 0.1) is 22.4 Å². The van der Waals surface area contributed by atoms with E-state index in [1.165, 1.54) is 47.9 Å². The Morgan fingerprint density at radius 2 is 1.06 bits per heavy atom. The number of rotatable bonds is 4. The molecule has 66 heavy (non-hydrogen) atoms. The highest BCUT2D eigenvalue weighted by molar-refractivity contribution is 7.26. The van der Waals surface area contributed by atoms with Crippen LogP contribution in [-0.4, -0.2) is 14.5 Å². The average molecular weight is 860 g/mol. The monoisotopic (exact) mass is 859 g/mol. The molecular formula is C60H33N3O2S. The van der Waals surface area contributed by atoms with E-state index in [-0.39, 0.29) is 0 Å². The van der Waals surface area contributed by atoms with Crippen LogP contribution in [0, 0.1) is 0 Å². The quantitative estimate of drug-likeness (QED) is 0.177. The summed E-state index contributed by atoms with van der Waals surface area (Å²) in [4.78, 5) is 11.1. The first-order valence-corrected chi connectivity index (χ1v) is 23.0. The van der Waals surface area contributed by atoms with E-state index < -0.39 is 0 Å². The minimum atomic E-state index is 0.634. The second-order valence-corrected chi connectivity index (χ2v) is 18.3. The van der Waals surface area contributed by atoms with Gasteiger partial charge >= 0.3 is 0 Å². The van der Waals surface area contributed by atoms with Gasteiger partial charge in [-0.05, 0) is 76.8 Å². The zero-order valence-electron chi connectivity index (χ0n) is 35.1. The molecule has 0 aliphatic rings. The van der Waals surface area contributed by atoms with Crippen LogP contribution in [0.15, 0.2) is 209 Å². The zero-order chi connectivity index (χ0) is 43.0. The van der Waals surface area contributed by atoms with Crippen molar-refractivity contribution in [2.75, 3.05) is 0 Å². The first-order valence-electron chi connectivity index (χ1n) is 22.2. The van der Waals surface area contributed by atoms with Gasteiger partial charge < -0.3 is 13.4 Å². The highest BCUT2D eigenvalue weighted by atomic mass is 32.1. The number of thiophene rings is 1. The molecule has 15 aromatic rings. The first kappa shape index (κ1) is 35.8. The topological polar surface area (TPSA) is 57.0 Å². The standard InChI is InChI=1S/C60H33N3O2S/c1-3-14-38-34(12-1)26-29-51-56(38)46-28-24-35-13-2-4-15-39(35)57(46)63(51)37-31-47-43-18-7-10-23-55(43)66-59(47)48(32-37)60-61-49(36-25-27-42-40-16-5-8-21-52(40)64-54(42)30-36)33-50(62-60)45-20-11-19-44-41-17-6-9-22-53(41)65-58(44)45/h1-33H. The van der Waals surface area contributed by atoms with Gasteiger partial charge in [-0.1, -0.05) is 140 Å². The van der Waals surface area contributed by atoms with Crippen molar-refractivity contribution in [1.82, 2.24) is 14.5 Å². The minimum absolute atomic E-state index is 0.634. The van der Waals surface area contributed by atoms with Gasteiger partial charge in [-0.25, -0.2) is 9.97 Å². The number of hydrogen-bond donors (Lipinski definition) is 0.